The van der Waals surface area contributed by atoms with Gasteiger partial charge in [-0.25, -0.2) is 13.2 Å². The average Bonchev–Trinajstić information content (AvgIpc) is 2.63. The number of carbonyl (C=O) groups is 2. The Hall–Kier alpha value is -1.85. The molecule has 12 heteroatoms. The lowest BCUT2D eigenvalue weighted by atomic mass is 10.2. The maximum absolute atomic E-state index is 13.3. The zero-order chi connectivity index (χ0) is 17.6. The number of nitrogens with one attached hydrogen (secondary N) is 2. The predicted molar refractivity (Wildman–Crippen MR) is 71.9 cm³/mol. The summed E-state index contributed by atoms with van der Waals surface area (Å²) in [6, 6.07) is 2.83. The number of amides is 3. The molecular formula is C11H9ClF3N3O4S. The van der Waals surface area contributed by atoms with E-state index in [2.05, 4.69) is 0 Å². The largest absolute Gasteiger partial charge is 0.435 e. The highest BCUT2D eigenvalue weighted by Gasteiger charge is 2.68. The molecule has 1 aromatic carbocycles. The third-order valence-corrected chi connectivity index (χ3v) is 4.78. The van der Waals surface area contributed by atoms with Crippen molar-refractivity contribution in [1.82, 2.24) is 14.9 Å². The SMILES string of the molecule is CN1C(=O)NC(NS(=O)(=O)c2ccc(Cl)cc2)(C(F)(F)F)C1=O. The predicted octanol–water partition coefficient (Wildman–Crippen LogP) is 1.06. The number of sulfonamides is 1. The van der Waals surface area contributed by atoms with E-state index in [1.807, 2.05) is 0 Å². The number of benzene rings is 1. The van der Waals surface area contributed by atoms with Crippen LogP contribution in [0.2, 0.25) is 5.02 Å². The van der Waals surface area contributed by atoms with Gasteiger partial charge in [-0.15, -0.1) is 0 Å². The van der Waals surface area contributed by atoms with Crippen molar-refractivity contribution in [3.63, 3.8) is 0 Å². The van der Waals surface area contributed by atoms with Crippen molar-refractivity contribution in [3.8, 4) is 0 Å². The maximum Gasteiger partial charge on any atom is 0.435 e. The van der Waals surface area contributed by atoms with Crippen LogP contribution in [0.3, 0.4) is 0 Å². The second-order valence-corrected chi connectivity index (χ2v) is 6.72. The first kappa shape index (κ1) is 17.5. The van der Waals surface area contributed by atoms with Crippen molar-refractivity contribution in [2.75, 3.05) is 7.05 Å². The summed E-state index contributed by atoms with van der Waals surface area (Å²) >= 11 is 5.58. The molecule has 3 amide bonds. The molecule has 0 saturated carbocycles. The number of likely N-dealkylation sites (N-methyl/N-ethyl adjacent to an activating group) is 1. The lowest BCUT2D eigenvalue weighted by molar-refractivity contribution is -0.197. The number of hydrogen-bond donors (Lipinski definition) is 2. The van der Waals surface area contributed by atoms with E-state index in [0.717, 1.165) is 31.3 Å². The third-order valence-electron chi connectivity index (χ3n) is 3.06. The normalized spacial score (nSPS) is 22.4. The van der Waals surface area contributed by atoms with Gasteiger partial charge in [0.25, 0.3) is 11.6 Å². The van der Waals surface area contributed by atoms with Crippen LogP contribution in [0.5, 0.6) is 0 Å². The van der Waals surface area contributed by atoms with Crippen LogP contribution in [-0.2, 0) is 14.8 Å². The Morgan fingerprint density at radius 1 is 1.22 bits per heavy atom. The van der Waals surface area contributed by atoms with Crippen LogP contribution in [-0.4, -0.2) is 44.1 Å². The lowest BCUT2D eigenvalue weighted by Gasteiger charge is -2.29. The van der Waals surface area contributed by atoms with E-state index in [-0.39, 0.29) is 9.92 Å². The van der Waals surface area contributed by atoms with Crippen molar-refractivity contribution in [2.24, 2.45) is 0 Å². The zero-order valence-electron chi connectivity index (χ0n) is 11.3. The van der Waals surface area contributed by atoms with Gasteiger partial charge in [0.2, 0.25) is 10.0 Å². The molecule has 2 rings (SSSR count). The summed E-state index contributed by atoms with van der Waals surface area (Å²) in [7, 11) is -3.98. The van der Waals surface area contributed by atoms with Crippen molar-refractivity contribution < 1.29 is 31.2 Å². The molecule has 126 valence electrons. The second kappa shape index (κ2) is 5.35. The number of halogens is 4. The maximum atomic E-state index is 13.3. The minimum atomic E-state index is -5.40. The number of nitrogens with zero attached hydrogens (tertiary/aromatic N) is 1. The molecule has 1 saturated heterocycles. The highest BCUT2D eigenvalue weighted by atomic mass is 35.5. The molecule has 1 aliphatic heterocycles. The van der Waals surface area contributed by atoms with Gasteiger partial charge < -0.3 is 5.32 Å². The fourth-order valence-corrected chi connectivity index (χ4v) is 3.23. The van der Waals surface area contributed by atoms with Crippen LogP contribution < -0.4 is 10.0 Å². The summed E-state index contributed by atoms with van der Waals surface area (Å²) in [6.45, 7) is 0. The van der Waals surface area contributed by atoms with Gasteiger partial charge in [-0.3, -0.25) is 9.69 Å². The number of imide groups is 1. The van der Waals surface area contributed by atoms with Gasteiger partial charge in [0.15, 0.2) is 0 Å². The number of hydrogen-bond acceptors (Lipinski definition) is 4. The molecule has 2 N–H and O–H groups in total. The number of urea groups is 1. The molecule has 0 bridgehead atoms. The van der Waals surface area contributed by atoms with Crippen LogP contribution in [0.4, 0.5) is 18.0 Å². The van der Waals surface area contributed by atoms with Gasteiger partial charge in [-0.1, -0.05) is 11.6 Å². The van der Waals surface area contributed by atoms with E-state index in [1.54, 1.807) is 0 Å². The Labute approximate surface area is 133 Å². The smallest absolute Gasteiger partial charge is 0.303 e. The van der Waals surface area contributed by atoms with E-state index >= 15 is 0 Å². The van der Waals surface area contributed by atoms with Crippen LogP contribution in [0.15, 0.2) is 29.2 Å². The van der Waals surface area contributed by atoms with Crippen LogP contribution >= 0.6 is 11.6 Å². The van der Waals surface area contributed by atoms with Crippen molar-refractivity contribution in [3.05, 3.63) is 29.3 Å². The van der Waals surface area contributed by atoms with Gasteiger partial charge in [0.1, 0.15) is 0 Å². The summed E-state index contributed by atoms with van der Waals surface area (Å²) in [4.78, 5) is 22.8. The summed E-state index contributed by atoms with van der Waals surface area (Å²) < 4.78 is 65.4. The first-order valence-corrected chi connectivity index (χ1v) is 7.73. The molecule has 0 spiro atoms. The monoisotopic (exact) mass is 371 g/mol. The Kier molecular flexibility index (Phi) is 4.07. The summed E-state index contributed by atoms with van der Waals surface area (Å²) in [5.41, 5.74) is -3.77. The minimum Gasteiger partial charge on any atom is -0.303 e. The molecule has 1 aliphatic rings. The van der Waals surface area contributed by atoms with Crippen LogP contribution in [0, 0.1) is 0 Å². The van der Waals surface area contributed by atoms with Crippen molar-refractivity contribution in [1.29, 1.82) is 0 Å². The van der Waals surface area contributed by atoms with Gasteiger partial charge in [-0.05, 0) is 24.3 Å². The average molecular weight is 372 g/mol. The molecule has 7 nitrogen and oxygen atoms in total. The number of carbonyl (C=O) groups excluding carboxylic acids is 2. The van der Waals surface area contributed by atoms with Gasteiger partial charge in [0.05, 0.1) is 4.90 Å². The van der Waals surface area contributed by atoms with E-state index in [4.69, 9.17) is 11.6 Å². The van der Waals surface area contributed by atoms with E-state index in [0.29, 0.717) is 0 Å². The molecule has 1 heterocycles. The lowest BCUT2D eigenvalue weighted by Crippen LogP contribution is -2.69. The van der Waals surface area contributed by atoms with E-state index in [9.17, 15) is 31.2 Å². The molecule has 0 aliphatic carbocycles. The van der Waals surface area contributed by atoms with Crippen molar-refractivity contribution >= 4 is 33.6 Å². The second-order valence-electron chi connectivity index (χ2n) is 4.60. The Morgan fingerprint density at radius 3 is 2.13 bits per heavy atom. The number of rotatable bonds is 3. The van der Waals surface area contributed by atoms with Gasteiger partial charge in [-0.2, -0.15) is 17.9 Å². The summed E-state index contributed by atoms with van der Waals surface area (Å²) in [6.07, 6.45) is -5.40. The summed E-state index contributed by atoms with van der Waals surface area (Å²) in [5.74, 6) is -1.78. The van der Waals surface area contributed by atoms with E-state index in [1.165, 1.54) is 10.0 Å². The molecule has 0 aromatic heterocycles. The molecule has 1 aromatic rings. The van der Waals surface area contributed by atoms with Crippen LogP contribution in [0.25, 0.3) is 0 Å². The van der Waals surface area contributed by atoms with Gasteiger partial charge >= 0.3 is 12.2 Å². The Bertz CT molecular complexity index is 766. The van der Waals surface area contributed by atoms with E-state index < -0.39 is 38.7 Å². The highest BCUT2D eigenvalue weighted by molar-refractivity contribution is 7.89. The third kappa shape index (κ3) is 2.86. The zero-order valence-corrected chi connectivity index (χ0v) is 12.9. The Morgan fingerprint density at radius 2 is 1.74 bits per heavy atom. The number of alkyl halides is 3. The van der Waals surface area contributed by atoms with Gasteiger partial charge in [0, 0.05) is 12.1 Å². The summed E-state index contributed by atoms with van der Waals surface area (Å²) in [5, 5.41) is 1.51. The fraction of sp³-hybridized carbons (Fsp3) is 0.273. The molecular weight excluding hydrogens is 363 g/mol. The van der Waals surface area contributed by atoms with Crippen molar-refractivity contribution in [2.45, 2.75) is 16.7 Å². The topological polar surface area (TPSA) is 95.6 Å². The standard InChI is InChI=1S/C11H9ClF3N3O4S/c1-18-8(19)10(11(13,14)15,16-9(18)20)17-23(21,22)7-4-2-6(12)3-5-7/h2-5,17H,1H3,(H,16,20). The molecule has 1 atom stereocenters. The minimum absolute atomic E-state index is 0.137. The molecule has 23 heavy (non-hydrogen) atoms. The van der Waals surface area contributed by atoms with Crippen LogP contribution in [0.1, 0.15) is 0 Å². The molecule has 0 radical (unpaired) electrons. The fourth-order valence-electron chi connectivity index (χ4n) is 1.83. The quantitative estimate of drug-likeness (QED) is 0.777. The molecule has 1 fully saturated rings. The highest BCUT2D eigenvalue weighted by Crippen LogP contribution is 2.34. The molecule has 1 unspecified atom stereocenters. The first-order chi connectivity index (χ1) is 10.4. The first-order valence-electron chi connectivity index (χ1n) is 5.87. The Balaban J connectivity index is 2.50.